The van der Waals surface area contributed by atoms with Gasteiger partial charge in [0.1, 0.15) is 0 Å². The van der Waals surface area contributed by atoms with Crippen molar-refractivity contribution in [2.75, 3.05) is 24.7 Å². The molecule has 0 saturated carbocycles. The molecule has 0 spiro atoms. The normalized spacial score (nSPS) is 11.9. The summed E-state index contributed by atoms with van der Waals surface area (Å²) in [4.78, 5) is 25.2. The maximum atomic E-state index is 12.6. The van der Waals surface area contributed by atoms with Crippen molar-refractivity contribution in [2.45, 2.75) is 192 Å². The zero-order valence-electron chi connectivity index (χ0n) is 30.9. The van der Waals surface area contributed by atoms with Gasteiger partial charge >= 0.3 is 293 Å². The van der Waals surface area contributed by atoms with E-state index in [4.69, 9.17) is 9.47 Å². The molecule has 0 radical (unpaired) electrons. The van der Waals surface area contributed by atoms with Crippen LogP contribution in [0.5, 0.6) is 0 Å². The van der Waals surface area contributed by atoms with Gasteiger partial charge in [-0.05, 0) is 0 Å². The first-order chi connectivity index (χ1) is 21.7. The molecule has 45 heavy (non-hydrogen) atoms. The molecule has 0 aliphatic rings. The molecule has 0 atom stereocenters. The van der Waals surface area contributed by atoms with Gasteiger partial charge in [-0.3, -0.25) is 0 Å². The second-order valence-corrected chi connectivity index (χ2v) is 40.7. The molecule has 0 aromatic heterocycles. The monoisotopic (exact) mass is 780 g/mol. The van der Waals surface area contributed by atoms with Gasteiger partial charge in [0.15, 0.2) is 0 Å². The number of carbonyl (C=O) groups is 2. The first kappa shape index (κ1) is 45.4. The molecule has 0 aliphatic carbocycles. The van der Waals surface area contributed by atoms with Gasteiger partial charge < -0.3 is 0 Å². The molecule has 0 bridgehead atoms. The summed E-state index contributed by atoms with van der Waals surface area (Å²) in [7, 11) is 4.37. The fourth-order valence-corrected chi connectivity index (χ4v) is 35.5. The van der Waals surface area contributed by atoms with Crippen molar-refractivity contribution >= 4 is 45.4 Å². The predicted molar refractivity (Wildman–Crippen MR) is 205 cm³/mol. The Morgan fingerprint density at radius 1 is 0.511 bits per heavy atom. The molecule has 0 aromatic carbocycles. The number of unbranched alkanes of at least 4 members (excludes halogenated alkanes) is 14. The Hall–Kier alpha value is 0.439. The van der Waals surface area contributed by atoms with E-state index in [9.17, 15) is 9.59 Å². The number of hydrogen-bond donors (Lipinski definition) is 0. The fraction of sp³-hybridized carbons (Fsp3) is 0.947. The molecule has 0 aromatic rings. The molecule has 0 aliphatic heterocycles. The van der Waals surface area contributed by atoms with Crippen molar-refractivity contribution in [2.24, 2.45) is 11.8 Å². The molecule has 268 valence electrons. The first-order valence-electron chi connectivity index (χ1n) is 19.3. The van der Waals surface area contributed by atoms with Gasteiger partial charge in [0.25, 0.3) is 0 Å². The summed E-state index contributed by atoms with van der Waals surface area (Å²) < 4.78 is 14.0. The van der Waals surface area contributed by atoms with Crippen molar-refractivity contribution in [3.63, 3.8) is 0 Å². The van der Waals surface area contributed by atoms with Crippen LogP contribution < -0.4 is 0 Å². The van der Waals surface area contributed by atoms with E-state index in [1.165, 1.54) is 112 Å². The summed E-state index contributed by atoms with van der Waals surface area (Å²) in [5, 5.41) is 0. The van der Waals surface area contributed by atoms with Crippen LogP contribution in [0.15, 0.2) is 0 Å². The van der Waals surface area contributed by atoms with Gasteiger partial charge in [-0.1, -0.05) is 0 Å². The summed E-state index contributed by atoms with van der Waals surface area (Å²) in [5.41, 5.74) is 0. The van der Waals surface area contributed by atoms with Gasteiger partial charge in [-0.25, -0.2) is 0 Å². The van der Waals surface area contributed by atoms with Crippen molar-refractivity contribution < 1.29 is 19.1 Å². The Morgan fingerprint density at radius 2 is 0.867 bits per heavy atom. The van der Waals surface area contributed by atoms with Gasteiger partial charge in [0, 0.05) is 0 Å². The van der Waals surface area contributed by atoms with E-state index in [0.29, 0.717) is 26.1 Å². The summed E-state index contributed by atoms with van der Waals surface area (Å²) >= 11 is -2.70. The first-order valence-corrected chi connectivity index (χ1v) is 32.3. The Bertz CT molecular complexity index is 618. The van der Waals surface area contributed by atoms with E-state index in [2.05, 4.69) is 59.4 Å². The Labute approximate surface area is 291 Å². The Morgan fingerprint density at radius 3 is 1.24 bits per heavy atom. The van der Waals surface area contributed by atoms with E-state index in [-0.39, 0.29) is 11.9 Å². The van der Waals surface area contributed by atoms with E-state index >= 15 is 0 Å². The molecule has 0 rings (SSSR count). The molecule has 0 fully saturated rings. The van der Waals surface area contributed by atoms with Crippen LogP contribution in [0.3, 0.4) is 0 Å². The average Bonchev–Trinajstić information content (AvgIpc) is 2.99. The van der Waals surface area contributed by atoms with Crippen LogP contribution in [0.25, 0.3) is 0 Å². The number of ether oxygens (including phenoxy) is 2. The van der Waals surface area contributed by atoms with Crippen LogP contribution >= 0.6 is 17.9 Å². The zero-order chi connectivity index (χ0) is 33.4. The second-order valence-electron chi connectivity index (χ2n) is 14.1. The molecule has 7 heteroatoms. The topological polar surface area (TPSA) is 52.6 Å². The third kappa shape index (κ3) is 31.5. The van der Waals surface area contributed by atoms with E-state index in [1.54, 1.807) is 0 Å². The third-order valence-corrected chi connectivity index (χ3v) is 39.5. The minimum atomic E-state index is -2.70. The summed E-state index contributed by atoms with van der Waals surface area (Å²) in [5.74, 6) is 3.23. The molecule has 0 unspecified atom stereocenters. The van der Waals surface area contributed by atoms with Crippen LogP contribution in [0.1, 0.15) is 183 Å². The molecule has 0 amide bonds. The number of rotatable bonds is 34. The Balaban J connectivity index is 5.01. The van der Waals surface area contributed by atoms with E-state index in [1.807, 2.05) is 0 Å². The molecular weight excluding hydrogens is 703 g/mol. The van der Waals surface area contributed by atoms with Crippen molar-refractivity contribution in [1.29, 1.82) is 0 Å². The predicted octanol–water partition coefficient (Wildman–Crippen LogP) is 12.9. The average molecular weight is 780 g/mol. The molecule has 0 saturated heterocycles. The van der Waals surface area contributed by atoms with Gasteiger partial charge in [-0.15, -0.1) is 0 Å². The van der Waals surface area contributed by atoms with Gasteiger partial charge in [-0.2, -0.15) is 0 Å². The fourth-order valence-electron chi connectivity index (χ4n) is 5.62. The summed E-state index contributed by atoms with van der Waals surface area (Å²) in [6.07, 6.45) is 26.2. The standard InChI is InChI=1S/2C11H22O2S.2C8H17.Sn/c2*1-10(2)6-4-3-5-8-13-11(12)7-9-14;2*1-3-5-7-8-6-4-2;/h2*10,14H,3-9H2,1-2H3;2*1,3-8H2,2H3;/q;;;;+2/p-2. The third-order valence-electron chi connectivity index (χ3n) is 8.54. The second kappa shape index (κ2) is 33.0. The zero-order valence-corrected chi connectivity index (χ0v) is 35.4. The van der Waals surface area contributed by atoms with Gasteiger partial charge in [0.2, 0.25) is 0 Å². The van der Waals surface area contributed by atoms with E-state index in [0.717, 1.165) is 49.0 Å². The van der Waals surface area contributed by atoms with Crippen LogP contribution in [0, 0.1) is 11.8 Å². The molecule has 0 N–H and O–H groups in total. The molecule has 4 nitrogen and oxygen atoms in total. The number of hydrogen-bond acceptors (Lipinski definition) is 6. The number of esters is 2. The van der Waals surface area contributed by atoms with Crippen molar-refractivity contribution in [1.82, 2.24) is 0 Å². The SMILES string of the molecule is CCCCCCC[CH2][Sn]([CH2]CCCCCCC)([S]CCC(=O)OCCCCCC(C)C)[S]CCC(=O)OCCCCCC(C)C. The van der Waals surface area contributed by atoms with Crippen LogP contribution in [0.2, 0.25) is 8.87 Å². The van der Waals surface area contributed by atoms with Gasteiger partial charge in [0.05, 0.1) is 0 Å². The Kier molecular flexibility index (Phi) is 33.3. The van der Waals surface area contributed by atoms with Crippen LogP contribution in [0.4, 0.5) is 0 Å². The quantitative estimate of drug-likeness (QED) is 0.0368. The maximum absolute atomic E-state index is 12.6. The van der Waals surface area contributed by atoms with Crippen LogP contribution in [-0.4, -0.2) is 52.3 Å². The van der Waals surface area contributed by atoms with Crippen LogP contribution in [-0.2, 0) is 19.1 Å². The summed E-state index contributed by atoms with van der Waals surface area (Å²) in [6.45, 7) is 14.8. The number of carbonyl (C=O) groups excluding carboxylic acids is 2. The molecule has 0 heterocycles. The summed E-state index contributed by atoms with van der Waals surface area (Å²) in [6, 6.07) is 0. The van der Waals surface area contributed by atoms with Crippen molar-refractivity contribution in [3.05, 3.63) is 0 Å². The minimum absolute atomic E-state index is 0.0207. The van der Waals surface area contributed by atoms with E-state index < -0.39 is 15.6 Å². The molecular formula is C38H76O4S2Sn. The van der Waals surface area contributed by atoms with Crippen molar-refractivity contribution in [3.8, 4) is 0 Å².